The lowest BCUT2D eigenvalue weighted by molar-refractivity contribution is -0.139. The largest absolute Gasteiger partial charge is 0.481 e. The van der Waals surface area contributed by atoms with Gasteiger partial charge in [0.2, 0.25) is 0 Å². The molecule has 1 atom stereocenters. The minimum Gasteiger partial charge on any atom is -0.481 e. The molecule has 0 saturated heterocycles. The number of unbranched alkanes of at least 4 members (excludes halogenated alkanes) is 8. The molecule has 0 fully saturated rings. The second-order valence-electron chi connectivity index (χ2n) is 10.0. The topological polar surface area (TPSA) is 50.2 Å². The van der Waals surface area contributed by atoms with Crippen molar-refractivity contribution in [3.8, 4) is 22.4 Å². The van der Waals surface area contributed by atoms with Gasteiger partial charge < -0.3 is 5.11 Å². The predicted molar refractivity (Wildman–Crippen MR) is 151 cm³/mol. The second kappa shape index (κ2) is 15.2. The Bertz CT molecular complexity index is 1020. The van der Waals surface area contributed by atoms with Crippen LogP contribution < -0.4 is 0 Å². The van der Waals surface area contributed by atoms with Gasteiger partial charge in [0.15, 0.2) is 0 Å². The number of pyridine rings is 1. The summed E-state index contributed by atoms with van der Waals surface area (Å²) in [5.41, 5.74) is 6.53. The molecule has 36 heavy (non-hydrogen) atoms. The Morgan fingerprint density at radius 2 is 1.25 bits per heavy atom. The van der Waals surface area contributed by atoms with E-state index >= 15 is 0 Å². The van der Waals surface area contributed by atoms with Gasteiger partial charge in [-0.25, -0.2) is 0 Å². The molecule has 0 radical (unpaired) electrons. The fraction of sp³-hybridized carbons (Fsp3) is 0.455. The number of aliphatic carboxylic acids is 1. The first-order chi connectivity index (χ1) is 17.6. The molecule has 0 aliphatic heterocycles. The minimum atomic E-state index is -0.720. The summed E-state index contributed by atoms with van der Waals surface area (Å²) in [4.78, 5) is 16.6. The van der Waals surface area contributed by atoms with Gasteiger partial charge in [0, 0.05) is 11.8 Å². The molecule has 3 nitrogen and oxygen atoms in total. The van der Waals surface area contributed by atoms with Crippen molar-refractivity contribution in [2.45, 2.75) is 96.8 Å². The van der Waals surface area contributed by atoms with Crippen LogP contribution in [0.25, 0.3) is 22.4 Å². The number of hydrogen-bond donors (Lipinski definition) is 1. The van der Waals surface area contributed by atoms with E-state index in [-0.39, 0.29) is 0 Å². The van der Waals surface area contributed by atoms with Crippen molar-refractivity contribution in [1.82, 2.24) is 4.98 Å². The maximum Gasteiger partial charge on any atom is 0.310 e. The first-order valence-electron chi connectivity index (χ1n) is 14.0. The van der Waals surface area contributed by atoms with E-state index in [9.17, 15) is 9.90 Å². The van der Waals surface area contributed by atoms with Crippen LogP contribution in [0, 0.1) is 0 Å². The van der Waals surface area contributed by atoms with Crippen LogP contribution in [-0.4, -0.2) is 16.1 Å². The third kappa shape index (κ3) is 8.62. The normalized spacial score (nSPS) is 11.9. The Morgan fingerprint density at radius 1 is 0.694 bits per heavy atom. The molecule has 3 rings (SSSR count). The summed E-state index contributed by atoms with van der Waals surface area (Å²) in [5.74, 6) is -1.14. The van der Waals surface area contributed by atoms with Gasteiger partial charge in [-0.3, -0.25) is 9.78 Å². The average Bonchev–Trinajstić information content (AvgIpc) is 2.91. The van der Waals surface area contributed by atoms with Crippen molar-refractivity contribution >= 4 is 5.97 Å². The SMILES string of the molecule is CCCCCCCCCC(C(=O)O)c1ccc(-c2ccc(-c3ccc(CCCCC)cn3)cc2)cc1. The quantitative estimate of drug-likeness (QED) is 0.206. The molecule has 0 aliphatic rings. The third-order valence-electron chi connectivity index (χ3n) is 7.12. The molecule has 0 saturated carbocycles. The zero-order valence-electron chi connectivity index (χ0n) is 22.2. The van der Waals surface area contributed by atoms with Gasteiger partial charge in [-0.2, -0.15) is 0 Å². The van der Waals surface area contributed by atoms with Gasteiger partial charge in [0.1, 0.15) is 0 Å². The van der Waals surface area contributed by atoms with Gasteiger partial charge in [-0.1, -0.05) is 126 Å². The molecule has 0 bridgehead atoms. The van der Waals surface area contributed by atoms with Gasteiger partial charge >= 0.3 is 5.97 Å². The van der Waals surface area contributed by atoms with Crippen molar-refractivity contribution in [3.05, 3.63) is 78.0 Å². The van der Waals surface area contributed by atoms with Crippen molar-refractivity contribution in [1.29, 1.82) is 0 Å². The fourth-order valence-electron chi connectivity index (χ4n) is 4.80. The Morgan fingerprint density at radius 3 is 1.83 bits per heavy atom. The number of aromatic nitrogens is 1. The molecule has 0 aliphatic carbocycles. The Labute approximate surface area is 218 Å². The van der Waals surface area contributed by atoms with Crippen LogP contribution in [-0.2, 0) is 11.2 Å². The van der Waals surface area contributed by atoms with Gasteiger partial charge in [-0.15, -0.1) is 0 Å². The van der Waals surface area contributed by atoms with Crippen LogP contribution in [0.5, 0.6) is 0 Å². The van der Waals surface area contributed by atoms with Crippen LogP contribution >= 0.6 is 0 Å². The maximum atomic E-state index is 11.9. The molecule has 192 valence electrons. The summed E-state index contributed by atoms with van der Waals surface area (Å²) in [5, 5.41) is 9.79. The van der Waals surface area contributed by atoms with E-state index in [0.717, 1.165) is 47.2 Å². The molecule has 1 N–H and O–H groups in total. The van der Waals surface area contributed by atoms with E-state index in [1.165, 1.54) is 56.9 Å². The highest BCUT2D eigenvalue weighted by atomic mass is 16.4. The smallest absolute Gasteiger partial charge is 0.310 e. The summed E-state index contributed by atoms with van der Waals surface area (Å²) in [7, 11) is 0. The molecule has 0 spiro atoms. The van der Waals surface area contributed by atoms with E-state index in [1.54, 1.807) is 0 Å². The summed E-state index contributed by atoms with van der Waals surface area (Å²) in [6, 6.07) is 20.8. The van der Waals surface area contributed by atoms with E-state index in [4.69, 9.17) is 0 Å². The Kier molecular flexibility index (Phi) is 11.7. The van der Waals surface area contributed by atoms with Crippen LogP contribution in [0.3, 0.4) is 0 Å². The van der Waals surface area contributed by atoms with Crippen molar-refractivity contribution in [2.75, 3.05) is 0 Å². The molecule has 1 heterocycles. The molecule has 0 amide bonds. The Balaban J connectivity index is 1.57. The summed E-state index contributed by atoms with van der Waals surface area (Å²) >= 11 is 0. The maximum absolute atomic E-state index is 11.9. The molecule has 3 aromatic rings. The molecule has 1 unspecified atom stereocenters. The number of carboxylic acids is 1. The number of carbonyl (C=O) groups is 1. The number of nitrogens with zero attached hydrogens (tertiary/aromatic N) is 1. The van der Waals surface area contributed by atoms with Gasteiger partial charge in [-0.05, 0) is 47.6 Å². The van der Waals surface area contributed by atoms with Crippen molar-refractivity contribution in [3.63, 3.8) is 0 Å². The highest BCUT2D eigenvalue weighted by molar-refractivity contribution is 5.77. The third-order valence-corrected chi connectivity index (χ3v) is 7.12. The van der Waals surface area contributed by atoms with Crippen LogP contribution in [0.4, 0.5) is 0 Å². The monoisotopic (exact) mass is 485 g/mol. The zero-order valence-corrected chi connectivity index (χ0v) is 22.2. The molecule has 3 heteroatoms. The number of hydrogen-bond acceptors (Lipinski definition) is 2. The lowest BCUT2D eigenvalue weighted by atomic mass is 9.91. The van der Waals surface area contributed by atoms with Crippen LogP contribution in [0.15, 0.2) is 66.9 Å². The Hall–Kier alpha value is -2.94. The van der Waals surface area contributed by atoms with Gasteiger partial charge in [0.05, 0.1) is 11.6 Å². The van der Waals surface area contributed by atoms with E-state index in [2.05, 4.69) is 55.2 Å². The van der Waals surface area contributed by atoms with E-state index in [0.29, 0.717) is 6.42 Å². The first kappa shape index (κ1) is 27.6. The number of aryl methyl sites for hydroxylation is 1. The molecular formula is C33H43NO2. The molecule has 2 aromatic carbocycles. The lowest BCUT2D eigenvalue weighted by Crippen LogP contribution is -2.11. The number of benzene rings is 2. The fourth-order valence-corrected chi connectivity index (χ4v) is 4.80. The summed E-state index contributed by atoms with van der Waals surface area (Å²) < 4.78 is 0. The molecule has 1 aromatic heterocycles. The zero-order chi connectivity index (χ0) is 25.6. The highest BCUT2D eigenvalue weighted by Crippen LogP contribution is 2.28. The number of carboxylic acid groups (broad SMARTS) is 1. The highest BCUT2D eigenvalue weighted by Gasteiger charge is 2.19. The lowest BCUT2D eigenvalue weighted by Gasteiger charge is -2.14. The minimum absolute atomic E-state index is 0.423. The van der Waals surface area contributed by atoms with E-state index in [1.807, 2.05) is 30.5 Å². The second-order valence-corrected chi connectivity index (χ2v) is 10.0. The summed E-state index contributed by atoms with van der Waals surface area (Å²) in [6.07, 6.45) is 15.9. The van der Waals surface area contributed by atoms with E-state index < -0.39 is 11.9 Å². The standard InChI is InChI=1S/C33H43NO2/c1-3-5-7-8-9-10-12-14-31(33(35)36)29-20-16-27(17-21-29)28-18-22-30(23-19-28)32-24-15-26(25-34-32)13-11-6-4-2/h15-25,31H,3-14H2,1-2H3,(H,35,36). The number of rotatable bonds is 16. The average molecular weight is 486 g/mol. The van der Waals surface area contributed by atoms with Crippen LogP contribution in [0.1, 0.15) is 102 Å². The van der Waals surface area contributed by atoms with Gasteiger partial charge in [0.25, 0.3) is 0 Å². The first-order valence-corrected chi connectivity index (χ1v) is 14.0. The summed E-state index contributed by atoms with van der Waals surface area (Å²) in [6.45, 7) is 4.45. The van der Waals surface area contributed by atoms with Crippen LogP contribution in [0.2, 0.25) is 0 Å². The predicted octanol–water partition coefficient (Wildman–Crippen LogP) is 9.46. The molecular weight excluding hydrogens is 442 g/mol. The van der Waals surface area contributed by atoms with Crippen molar-refractivity contribution in [2.24, 2.45) is 0 Å². The van der Waals surface area contributed by atoms with Crippen molar-refractivity contribution < 1.29 is 9.90 Å².